The summed E-state index contributed by atoms with van der Waals surface area (Å²) in [5.74, 6) is 0.381. The SMILES string of the molecule is CC(CC(=O)N(Cc1ccccc1)Cc1ccc(S(N)(=O)=O)cc1)CC(C)(C)C. The van der Waals surface area contributed by atoms with Gasteiger partial charge >= 0.3 is 0 Å². The third kappa shape index (κ3) is 7.99. The average molecular weight is 417 g/mol. The van der Waals surface area contributed by atoms with Crippen LogP contribution in [0.15, 0.2) is 59.5 Å². The van der Waals surface area contributed by atoms with Crippen molar-refractivity contribution in [2.75, 3.05) is 0 Å². The first-order chi connectivity index (χ1) is 13.4. The first-order valence-corrected chi connectivity index (χ1v) is 11.4. The molecule has 2 rings (SSSR count). The first kappa shape index (κ1) is 23.1. The molecule has 2 N–H and O–H groups in total. The molecule has 0 radical (unpaired) electrons. The molecule has 0 heterocycles. The highest BCUT2D eigenvalue weighted by Gasteiger charge is 2.21. The summed E-state index contributed by atoms with van der Waals surface area (Å²) < 4.78 is 22.9. The van der Waals surface area contributed by atoms with Gasteiger partial charge in [-0.25, -0.2) is 13.6 Å². The van der Waals surface area contributed by atoms with E-state index in [4.69, 9.17) is 5.14 Å². The van der Waals surface area contributed by atoms with Crippen molar-refractivity contribution in [3.8, 4) is 0 Å². The van der Waals surface area contributed by atoms with Gasteiger partial charge in [0.05, 0.1) is 4.90 Å². The number of benzene rings is 2. The van der Waals surface area contributed by atoms with Gasteiger partial charge in [-0.3, -0.25) is 4.79 Å². The molecular formula is C23H32N2O3S. The van der Waals surface area contributed by atoms with Gasteiger partial charge in [0.25, 0.3) is 0 Å². The number of sulfonamides is 1. The Morgan fingerprint density at radius 3 is 1.97 bits per heavy atom. The summed E-state index contributed by atoms with van der Waals surface area (Å²) in [6, 6.07) is 16.3. The van der Waals surface area contributed by atoms with Crippen LogP contribution >= 0.6 is 0 Å². The standard InChI is InChI=1S/C23H32N2O3S/c1-18(15-23(2,3)4)14-22(26)25(16-19-8-6-5-7-9-19)17-20-10-12-21(13-11-20)29(24,27)28/h5-13,18H,14-17H2,1-4H3,(H2,24,27,28). The predicted molar refractivity (Wildman–Crippen MR) is 116 cm³/mol. The maximum Gasteiger partial charge on any atom is 0.238 e. The molecule has 2 aromatic carbocycles. The molecule has 0 aliphatic heterocycles. The van der Waals surface area contributed by atoms with Crippen molar-refractivity contribution in [3.63, 3.8) is 0 Å². The molecule has 0 aliphatic rings. The third-order valence-electron chi connectivity index (χ3n) is 4.68. The molecule has 0 fully saturated rings. The topological polar surface area (TPSA) is 80.5 Å². The molecular weight excluding hydrogens is 384 g/mol. The second-order valence-electron chi connectivity index (χ2n) is 9.00. The maximum atomic E-state index is 13.1. The largest absolute Gasteiger partial charge is 0.334 e. The Balaban J connectivity index is 2.17. The Morgan fingerprint density at radius 2 is 1.48 bits per heavy atom. The molecule has 6 heteroatoms. The lowest BCUT2D eigenvalue weighted by atomic mass is 9.84. The number of carbonyl (C=O) groups excluding carboxylic acids is 1. The van der Waals surface area contributed by atoms with Gasteiger partial charge in [0, 0.05) is 19.5 Å². The van der Waals surface area contributed by atoms with Crippen LogP contribution in [0.2, 0.25) is 0 Å². The number of nitrogens with zero attached hydrogens (tertiary/aromatic N) is 1. The lowest BCUT2D eigenvalue weighted by Gasteiger charge is -2.27. The summed E-state index contributed by atoms with van der Waals surface area (Å²) in [5, 5.41) is 5.17. The van der Waals surface area contributed by atoms with Crippen LogP contribution < -0.4 is 5.14 Å². The zero-order valence-corrected chi connectivity index (χ0v) is 18.6. The quantitative estimate of drug-likeness (QED) is 0.696. The van der Waals surface area contributed by atoms with E-state index in [1.54, 1.807) is 12.1 Å². The Kier molecular flexibility index (Phi) is 7.60. The lowest BCUT2D eigenvalue weighted by Crippen LogP contribution is -2.31. The molecule has 0 bridgehead atoms. The summed E-state index contributed by atoms with van der Waals surface area (Å²) in [5.41, 5.74) is 2.10. The Hall–Kier alpha value is -2.18. The number of primary sulfonamides is 1. The molecule has 1 atom stereocenters. The zero-order valence-electron chi connectivity index (χ0n) is 17.8. The second-order valence-corrected chi connectivity index (χ2v) is 10.6. The van der Waals surface area contributed by atoms with E-state index in [-0.39, 0.29) is 22.1 Å². The molecule has 0 aromatic heterocycles. The minimum absolute atomic E-state index is 0.0704. The molecule has 1 unspecified atom stereocenters. The molecule has 0 saturated carbocycles. The molecule has 158 valence electrons. The van der Waals surface area contributed by atoms with Crippen LogP contribution in [0.4, 0.5) is 0 Å². The van der Waals surface area contributed by atoms with Gasteiger partial charge in [0.1, 0.15) is 0 Å². The van der Waals surface area contributed by atoms with Crippen LogP contribution in [0.1, 0.15) is 51.7 Å². The van der Waals surface area contributed by atoms with Crippen LogP contribution in [0, 0.1) is 11.3 Å². The van der Waals surface area contributed by atoms with Crippen molar-refractivity contribution in [2.24, 2.45) is 16.5 Å². The second kappa shape index (κ2) is 9.55. The molecule has 2 aromatic rings. The Labute approximate surface area is 175 Å². The Bertz CT molecular complexity index is 901. The predicted octanol–water partition coefficient (Wildman–Crippen LogP) is 4.33. The average Bonchev–Trinajstić information content (AvgIpc) is 2.60. The molecule has 1 amide bonds. The van der Waals surface area contributed by atoms with E-state index in [1.807, 2.05) is 35.2 Å². The van der Waals surface area contributed by atoms with E-state index in [0.717, 1.165) is 17.5 Å². The summed E-state index contributed by atoms with van der Waals surface area (Å²) in [6.07, 6.45) is 1.46. The number of hydrogen-bond acceptors (Lipinski definition) is 3. The molecule has 29 heavy (non-hydrogen) atoms. The van der Waals surface area contributed by atoms with Crippen LogP contribution in [0.5, 0.6) is 0 Å². The number of nitrogens with two attached hydrogens (primary N) is 1. The minimum atomic E-state index is -3.73. The van der Waals surface area contributed by atoms with Crippen molar-refractivity contribution in [1.82, 2.24) is 4.90 Å². The van der Waals surface area contributed by atoms with Gasteiger partial charge in [-0.2, -0.15) is 0 Å². The Morgan fingerprint density at radius 1 is 0.966 bits per heavy atom. The monoisotopic (exact) mass is 416 g/mol. The van der Waals surface area contributed by atoms with Gasteiger partial charge in [-0.05, 0) is 41.0 Å². The number of carbonyl (C=O) groups is 1. The fourth-order valence-electron chi connectivity index (χ4n) is 3.59. The normalized spacial score (nSPS) is 13.1. The highest BCUT2D eigenvalue weighted by molar-refractivity contribution is 7.89. The van der Waals surface area contributed by atoms with E-state index in [9.17, 15) is 13.2 Å². The highest BCUT2D eigenvalue weighted by atomic mass is 32.2. The van der Waals surface area contributed by atoms with E-state index < -0.39 is 10.0 Å². The van der Waals surface area contributed by atoms with Crippen molar-refractivity contribution in [3.05, 3.63) is 65.7 Å². The minimum Gasteiger partial charge on any atom is -0.334 e. The molecule has 0 spiro atoms. The van der Waals surface area contributed by atoms with Crippen LogP contribution in [0.3, 0.4) is 0 Å². The van der Waals surface area contributed by atoms with Gasteiger partial charge in [-0.1, -0.05) is 70.2 Å². The summed E-state index contributed by atoms with van der Waals surface area (Å²) in [7, 11) is -3.73. The smallest absolute Gasteiger partial charge is 0.238 e. The van der Waals surface area contributed by atoms with Crippen molar-refractivity contribution < 1.29 is 13.2 Å². The number of hydrogen-bond donors (Lipinski definition) is 1. The fraction of sp³-hybridized carbons (Fsp3) is 0.435. The fourth-order valence-corrected chi connectivity index (χ4v) is 4.10. The van der Waals surface area contributed by atoms with Crippen LogP contribution in [0.25, 0.3) is 0 Å². The number of rotatable bonds is 8. The van der Waals surface area contributed by atoms with Crippen molar-refractivity contribution in [2.45, 2.75) is 58.5 Å². The van der Waals surface area contributed by atoms with E-state index >= 15 is 0 Å². The zero-order chi connectivity index (χ0) is 21.7. The van der Waals surface area contributed by atoms with Crippen molar-refractivity contribution in [1.29, 1.82) is 0 Å². The summed E-state index contributed by atoms with van der Waals surface area (Å²) in [4.78, 5) is 15.0. The molecule has 0 aliphatic carbocycles. The maximum absolute atomic E-state index is 13.1. The van der Waals surface area contributed by atoms with Gasteiger partial charge < -0.3 is 4.90 Å². The lowest BCUT2D eigenvalue weighted by molar-refractivity contribution is -0.133. The van der Waals surface area contributed by atoms with E-state index in [1.165, 1.54) is 12.1 Å². The van der Waals surface area contributed by atoms with Crippen LogP contribution in [-0.4, -0.2) is 19.2 Å². The third-order valence-corrected chi connectivity index (χ3v) is 5.61. The first-order valence-electron chi connectivity index (χ1n) is 9.87. The van der Waals surface area contributed by atoms with E-state index in [0.29, 0.717) is 19.5 Å². The van der Waals surface area contributed by atoms with Gasteiger partial charge in [0.2, 0.25) is 15.9 Å². The number of amides is 1. The van der Waals surface area contributed by atoms with E-state index in [2.05, 4.69) is 27.7 Å². The molecule has 5 nitrogen and oxygen atoms in total. The van der Waals surface area contributed by atoms with Crippen LogP contribution in [-0.2, 0) is 27.9 Å². The van der Waals surface area contributed by atoms with Gasteiger partial charge in [-0.15, -0.1) is 0 Å². The van der Waals surface area contributed by atoms with Gasteiger partial charge in [0.15, 0.2) is 0 Å². The highest BCUT2D eigenvalue weighted by Crippen LogP contribution is 2.27. The van der Waals surface area contributed by atoms with Crippen molar-refractivity contribution >= 4 is 15.9 Å². The summed E-state index contributed by atoms with van der Waals surface area (Å²) in [6.45, 7) is 9.60. The summed E-state index contributed by atoms with van der Waals surface area (Å²) >= 11 is 0. The molecule has 0 saturated heterocycles.